The molecule has 0 atom stereocenters. The van der Waals surface area contributed by atoms with Gasteiger partial charge in [0.05, 0.1) is 18.1 Å². The highest BCUT2D eigenvalue weighted by Crippen LogP contribution is 2.09. The van der Waals surface area contributed by atoms with Crippen LogP contribution in [-0.4, -0.2) is 31.9 Å². The predicted octanol–water partition coefficient (Wildman–Crippen LogP) is 0.535. The molecule has 0 fully saturated rings. The van der Waals surface area contributed by atoms with Crippen molar-refractivity contribution in [2.75, 3.05) is 0 Å². The summed E-state index contributed by atoms with van der Waals surface area (Å²) in [6.45, 7) is 0. The molecule has 16 heavy (non-hydrogen) atoms. The number of rotatable bonds is 3. The van der Waals surface area contributed by atoms with Crippen molar-refractivity contribution in [1.82, 2.24) is 15.0 Å². The zero-order valence-electron chi connectivity index (χ0n) is 8.07. The number of benzene rings is 1. The summed E-state index contributed by atoms with van der Waals surface area (Å²) in [5.74, 6) is -2.43. The van der Waals surface area contributed by atoms with Crippen molar-refractivity contribution in [3.05, 3.63) is 42.2 Å². The van der Waals surface area contributed by atoms with Crippen LogP contribution in [0.4, 0.5) is 0 Å². The number of aliphatic carboxylic acids is 1. The first-order chi connectivity index (χ1) is 7.68. The molecular formula is C10H7N3O3. The lowest BCUT2D eigenvalue weighted by Gasteiger charge is -2.01. The molecule has 2 aromatic rings. The predicted molar refractivity (Wildman–Crippen MR) is 53.3 cm³/mol. The fourth-order valence-corrected chi connectivity index (χ4v) is 1.24. The maximum Gasteiger partial charge on any atom is 0.377 e. The zero-order chi connectivity index (χ0) is 11.5. The summed E-state index contributed by atoms with van der Waals surface area (Å²) in [6, 6.07) is 6.12. The maximum absolute atomic E-state index is 11.2. The molecule has 0 aliphatic rings. The van der Waals surface area contributed by atoms with Gasteiger partial charge in [0, 0.05) is 5.56 Å². The van der Waals surface area contributed by atoms with Gasteiger partial charge in [-0.2, -0.15) is 15.0 Å². The lowest BCUT2D eigenvalue weighted by molar-refractivity contribution is -0.131. The van der Waals surface area contributed by atoms with E-state index < -0.39 is 11.8 Å². The van der Waals surface area contributed by atoms with Gasteiger partial charge >= 0.3 is 5.97 Å². The first-order valence-electron chi connectivity index (χ1n) is 4.43. The van der Waals surface area contributed by atoms with Crippen molar-refractivity contribution < 1.29 is 14.7 Å². The molecule has 0 saturated carbocycles. The number of hydrogen-bond acceptors (Lipinski definition) is 4. The van der Waals surface area contributed by atoms with E-state index in [-0.39, 0.29) is 5.56 Å². The van der Waals surface area contributed by atoms with E-state index in [9.17, 15) is 9.59 Å². The number of carbonyl (C=O) groups is 2. The van der Waals surface area contributed by atoms with Crippen LogP contribution in [0.25, 0.3) is 5.69 Å². The topological polar surface area (TPSA) is 85.1 Å². The van der Waals surface area contributed by atoms with Crippen LogP contribution in [0.1, 0.15) is 10.4 Å². The van der Waals surface area contributed by atoms with Crippen LogP contribution in [0.5, 0.6) is 0 Å². The number of carboxylic acid groups (broad SMARTS) is 1. The number of carbonyl (C=O) groups excluding carboxylic acids is 1. The van der Waals surface area contributed by atoms with E-state index >= 15 is 0 Å². The summed E-state index contributed by atoms with van der Waals surface area (Å²) < 4.78 is 0. The molecule has 1 heterocycles. The highest BCUT2D eigenvalue weighted by Gasteiger charge is 2.14. The molecule has 6 heteroatoms. The SMILES string of the molecule is O=C(O)C(=O)c1cccc(-n2nccn2)c1. The fourth-order valence-electron chi connectivity index (χ4n) is 1.24. The van der Waals surface area contributed by atoms with Gasteiger partial charge in [-0.1, -0.05) is 12.1 Å². The van der Waals surface area contributed by atoms with E-state index in [1.165, 1.54) is 29.3 Å². The summed E-state index contributed by atoms with van der Waals surface area (Å²) in [4.78, 5) is 23.0. The highest BCUT2D eigenvalue weighted by molar-refractivity contribution is 6.39. The van der Waals surface area contributed by atoms with Crippen molar-refractivity contribution in [2.24, 2.45) is 0 Å². The van der Waals surface area contributed by atoms with E-state index in [1.807, 2.05) is 0 Å². The summed E-state index contributed by atoms with van der Waals surface area (Å²) in [6.07, 6.45) is 2.98. The van der Waals surface area contributed by atoms with Gasteiger partial charge in [-0.05, 0) is 12.1 Å². The Labute approximate surface area is 90.1 Å². The zero-order valence-corrected chi connectivity index (χ0v) is 8.07. The molecule has 80 valence electrons. The fraction of sp³-hybridized carbons (Fsp3) is 0. The molecule has 0 aliphatic carbocycles. The van der Waals surface area contributed by atoms with E-state index in [4.69, 9.17) is 5.11 Å². The van der Waals surface area contributed by atoms with Crippen LogP contribution in [0.2, 0.25) is 0 Å². The van der Waals surface area contributed by atoms with Gasteiger partial charge in [0.25, 0.3) is 5.78 Å². The van der Waals surface area contributed by atoms with Gasteiger partial charge in [0.2, 0.25) is 0 Å². The molecule has 0 spiro atoms. The second-order valence-corrected chi connectivity index (χ2v) is 3.00. The Morgan fingerprint density at radius 2 is 1.88 bits per heavy atom. The lowest BCUT2D eigenvalue weighted by Crippen LogP contribution is -2.13. The second-order valence-electron chi connectivity index (χ2n) is 3.00. The van der Waals surface area contributed by atoms with Crippen molar-refractivity contribution in [2.45, 2.75) is 0 Å². The van der Waals surface area contributed by atoms with Gasteiger partial charge in [0.1, 0.15) is 0 Å². The maximum atomic E-state index is 11.2. The summed E-state index contributed by atoms with van der Waals surface area (Å²) >= 11 is 0. The Bertz CT molecular complexity index is 534. The number of ketones is 1. The van der Waals surface area contributed by atoms with Gasteiger partial charge in [-0.3, -0.25) is 4.79 Å². The average molecular weight is 217 g/mol. The molecule has 1 aromatic heterocycles. The van der Waals surface area contributed by atoms with E-state index in [2.05, 4.69) is 10.2 Å². The molecule has 0 bridgehead atoms. The Balaban J connectivity index is 2.41. The van der Waals surface area contributed by atoms with Crippen molar-refractivity contribution >= 4 is 11.8 Å². The molecular weight excluding hydrogens is 210 g/mol. The summed E-state index contributed by atoms with van der Waals surface area (Å²) in [5.41, 5.74) is 0.638. The number of aromatic nitrogens is 3. The molecule has 0 radical (unpaired) electrons. The van der Waals surface area contributed by atoms with Gasteiger partial charge in [0.15, 0.2) is 0 Å². The van der Waals surface area contributed by atoms with Crippen LogP contribution in [0.3, 0.4) is 0 Å². The number of Topliss-reactive ketones (excluding diaryl/α,β-unsaturated/α-hetero) is 1. The number of hydrogen-bond donors (Lipinski definition) is 1. The van der Waals surface area contributed by atoms with Crippen molar-refractivity contribution in [3.8, 4) is 5.69 Å². The Kier molecular flexibility index (Phi) is 2.47. The molecule has 2 rings (SSSR count). The van der Waals surface area contributed by atoms with E-state index in [1.54, 1.807) is 12.1 Å². The molecule has 0 aliphatic heterocycles. The Morgan fingerprint density at radius 1 is 1.19 bits per heavy atom. The third kappa shape index (κ3) is 1.81. The minimum Gasteiger partial charge on any atom is -0.475 e. The first-order valence-corrected chi connectivity index (χ1v) is 4.43. The average Bonchev–Trinajstić information content (AvgIpc) is 2.81. The van der Waals surface area contributed by atoms with Crippen LogP contribution in [0, 0.1) is 0 Å². The Morgan fingerprint density at radius 3 is 2.50 bits per heavy atom. The van der Waals surface area contributed by atoms with E-state index in [0.29, 0.717) is 5.69 Å². The van der Waals surface area contributed by atoms with Crippen LogP contribution < -0.4 is 0 Å². The van der Waals surface area contributed by atoms with Gasteiger partial charge in [-0.25, -0.2) is 4.79 Å². The van der Waals surface area contributed by atoms with Crippen molar-refractivity contribution in [3.63, 3.8) is 0 Å². The van der Waals surface area contributed by atoms with Crippen LogP contribution in [-0.2, 0) is 4.79 Å². The smallest absolute Gasteiger partial charge is 0.377 e. The molecule has 0 unspecified atom stereocenters. The van der Waals surface area contributed by atoms with E-state index in [0.717, 1.165) is 0 Å². The standard InChI is InChI=1S/C10H7N3O3/c14-9(10(15)16)7-2-1-3-8(6-7)13-11-4-5-12-13/h1-6H,(H,15,16). The lowest BCUT2D eigenvalue weighted by atomic mass is 10.1. The third-order valence-corrected chi connectivity index (χ3v) is 1.95. The number of nitrogens with zero attached hydrogens (tertiary/aromatic N) is 3. The van der Waals surface area contributed by atoms with Gasteiger partial charge in [-0.15, -0.1) is 0 Å². The molecule has 0 saturated heterocycles. The second kappa shape index (κ2) is 3.93. The summed E-state index contributed by atoms with van der Waals surface area (Å²) in [7, 11) is 0. The van der Waals surface area contributed by atoms with Crippen LogP contribution in [0.15, 0.2) is 36.7 Å². The molecule has 1 N–H and O–H groups in total. The largest absolute Gasteiger partial charge is 0.475 e. The third-order valence-electron chi connectivity index (χ3n) is 1.95. The normalized spacial score (nSPS) is 10.0. The molecule has 0 amide bonds. The van der Waals surface area contributed by atoms with Crippen molar-refractivity contribution in [1.29, 1.82) is 0 Å². The summed E-state index contributed by atoms with van der Waals surface area (Å²) in [5, 5.41) is 16.3. The Hall–Kier alpha value is -2.50. The van der Waals surface area contributed by atoms with Crippen LogP contribution >= 0.6 is 0 Å². The monoisotopic (exact) mass is 217 g/mol. The highest BCUT2D eigenvalue weighted by atomic mass is 16.4. The minimum absolute atomic E-state index is 0.0994. The molecule has 6 nitrogen and oxygen atoms in total. The first kappa shape index (κ1) is 10.0. The number of carboxylic acids is 1. The quantitative estimate of drug-likeness (QED) is 0.598. The minimum atomic E-state index is -1.48. The molecule has 1 aromatic carbocycles. The van der Waals surface area contributed by atoms with Gasteiger partial charge < -0.3 is 5.11 Å².